The monoisotopic (exact) mass is 292 g/mol. The number of hydrogen-bond donors (Lipinski definition) is 3. The Morgan fingerprint density at radius 3 is 2.57 bits per heavy atom. The summed E-state index contributed by atoms with van der Waals surface area (Å²) in [6.45, 7) is 4.37. The molecule has 0 spiro atoms. The minimum Gasteiger partial charge on any atom is -0.399 e. The summed E-state index contributed by atoms with van der Waals surface area (Å²) in [7, 11) is 3.36. The molecular weight excluding hydrogens is 268 g/mol. The van der Waals surface area contributed by atoms with Crippen LogP contribution in [-0.4, -0.2) is 43.4 Å². The van der Waals surface area contributed by atoms with Crippen molar-refractivity contribution in [2.24, 2.45) is 0 Å². The van der Waals surface area contributed by atoms with Gasteiger partial charge in [-0.25, -0.2) is 0 Å². The van der Waals surface area contributed by atoms with E-state index >= 15 is 0 Å². The van der Waals surface area contributed by atoms with Crippen LogP contribution in [0.5, 0.6) is 0 Å². The predicted octanol–water partition coefficient (Wildman–Crippen LogP) is 1.30. The highest BCUT2D eigenvalue weighted by molar-refractivity contribution is 6.00. The number of nitrogens with two attached hydrogens (primary N) is 1. The van der Waals surface area contributed by atoms with E-state index in [2.05, 4.69) is 10.6 Å². The highest BCUT2D eigenvalue weighted by Gasteiger charge is 2.18. The summed E-state index contributed by atoms with van der Waals surface area (Å²) in [5, 5.41) is 5.87. The molecule has 2 amide bonds. The third-order valence-electron chi connectivity index (χ3n) is 2.99. The number of carbonyl (C=O) groups excluding carboxylic acids is 2. The van der Waals surface area contributed by atoms with Crippen LogP contribution in [0.2, 0.25) is 0 Å². The number of amides is 2. The van der Waals surface area contributed by atoms with E-state index in [9.17, 15) is 9.59 Å². The normalized spacial score (nSPS) is 11.6. The molecule has 0 aliphatic rings. The first kappa shape index (κ1) is 16.8. The third kappa shape index (κ3) is 4.66. The van der Waals surface area contributed by atoms with Crippen LogP contribution in [0, 0.1) is 0 Å². The van der Waals surface area contributed by atoms with Crippen LogP contribution in [0.25, 0.3) is 0 Å². The summed E-state index contributed by atoms with van der Waals surface area (Å²) in [4.78, 5) is 25.5. The minimum atomic E-state index is -0.452. The van der Waals surface area contributed by atoms with Crippen molar-refractivity contribution in [3.05, 3.63) is 23.8 Å². The SMILES string of the molecule is CCCNC(=O)C(C)Nc1cc(N)ccc1C(=O)N(C)C. The van der Waals surface area contributed by atoms with Gasteiger partial charge in [0.05, 0.1) is 5.56 Å². The molecule has 1 atom stereocenters. The molecule has 21 heavy (non-hydrogen) atoms. The lowest BCUT2D eigenvalue weighted by atomic mass is 10.1. The van der Waals surface area contributed by atoms with Crippen LogP contribution < -0.4 is 16.4 Å². The largest absolute Gasteiger partial charge is 0.399 e. The van der Waals surface area contributed by atoms with Gasteiger partial charge in [0.2, 0.25) is 5.91 Å². The fourth-order valence-electron chi connectivity index (χ4n) is 1.81. The van der Waals surface area contributed by atoms with Crippen LogP contribution in [0.15, 0.2) is 18.2 Å². The van der Waals surface area contributed by atoms with Gasteiger partial charge in [0.1, 0.15) is 6.04 Å². The highest BCUT2D eigenvalue weighted by atomic mass is 16.2. The maximum Gasteiger partial charge on any atom is 0.255 e. The molecule has 0 aliphatic heterocycles. The molecule has 0 bridgehead atoms. The Labute approximate surface area is 125 Å². The molecule has 0 aromatic heterocycles. The molecule has 4 N–H and O–H groups in total. The molecular formula is C15H24N4O2. The Balaban J connectivity index is 2.93. The van der Waals surface area contributed by atoms with E-state index in [-0.39, 0.29) is 11.8 Å². The van der Waals surface area contributed by atoms with Gasteiger partial charge in [-0.1, -0.05) is 6.92 Å². The van der Waals surface area contributed by atoms with Crippen LogP contribution in [0.1, 0.15) is 30.6 Å². The molecule has 1 aromatic rings. The van der Waals surface area contributed by atoms with Crippen LogP contribution in [-0.2, 0) is 4.79 Å². The van der Waals surface area contributed by atoms with Gasteiger partial charge in [0.25, 0.3) is 5.91 Å². The van der Waals surface area contributed by atoms with Crippen molar-refractivity contribution in [3.8, 4) is 0 Å². The van der Waals surface area contributed by atoms with E-state index < -0.39 is 6.04 Å². The summed E-state index contributed by atoms with van der Waals surface area (Å²) in [5.74, 6) is -0.249. The molecule has 1 unspecified atom stereocenters. The minimum absolute atomic E-state index is 0.109. The number of nitrogens with one attached hydrogen (secondary N) is 2. The summed E-state index contributed by atoms with van der Waals surface area (Å²) >= 11 is 0. The van der Waals surface area contributed by atoms with Gasteiger partial charge in [-0.15, -0.1) is 0 Å². The lowest BCUT2D eigenvalue weighted by Gasteiger charge is -2.19. The van der Waals surface area contributed by atoms with Gasteiger partial charge < -0.3 is 21.3 Å². The van der Waals surface area contributed by atoms with Gasteiger partial charge in [0.15, 0.2) is 0 Å². The Bertz CT molecular complexity index is 514. The van der Waals surface area contributed by atoms with Crippen molar-refractivity contribution < 1.29 is 9.59 Å². The number of hydrogen-bond acceptors (Lipinski definition) is 4. The van der Waals surface area contributed by atoms with Crippen molar-refractivity contribution in [3.63, 3.8) is 0 Å². The van der Waals surface area contributed by atoms with E-state index in [1.54, 1.807) is 39.2 Å². The Morgan fingerprint density at radius 2 is 2.00 bits per heavy atom. The molecule has 0 saturated heterocycles. The van der Waals surface area contributed by atoms with Gasteiger partial charge >= 0.3 is 0 Å². The van der Waals surface area contributed by atoms with Gasteiger partial charge in [-0.3, -0.25) is 9.59 Å². The van der Waals surface area contributed by atoms with Gasteiger partial charge in [0, 0.05) is 32.0 Å². The van der Waals surface area contributed by atoms with Crippen LogP contribution in [0.4, 0.5) is 11.4 Å². The maximum atomic E-state index is 12.1. The first-order valence-corrected chi connectivity index (χ1v) is 7.02. The standard InChI is InChI=1S/C15H24N4O2/c1-5-8-17-14(20)10(2)18-13-9-11(16)6-7-12(13)15(21)19(3)4/h6-7,9-10,18H,5,8,16H2,1-4H3,(H,17,20). The highest BCUT2D eigenvalue weighted by Crippen LogP contribution is 2.21. The Morgan fingerprint density at radius 1 is 1.33 bits per heavy atom. The van der Waals surface area contributed by atoms with Crippen molar-refractivity contribution in [1.82, 2.24) is 10.2 Å². The topological polar surface area (TPSA) is 87.5 Å². The number of benzene rings is 1. The Hall–Kier alpha value is -2.24. The smallest absolute Gasteiger partial charge is 0.255 e. The molecule has 0 heterocycles. The molecule has 6 heteroatoms. The fraction of sp³-hybridized carbons (Fsp3) is 0.467. The lowest BCUT2D eigenvalue weighted by Crippen LogP contribution is -2.38. The van der Waals surface area contributed by atoms with Crippen molar-refractivity contribution in [2.75, 3.05) is 31.7 Å². The zero-order valence-corrected chi connectivity index (χ0v) is 13.1. The van der Waals surface area contributed by atoms with E-state index in [4.69, 9.17) is 5.73 Å². The van der Waals surface area contributed by atoms with Crippen molar-refractivity contribution >= 4 is 23.2 Å². The second-order valence-electron chi connectivity index (χ2n) is 5.16. The van der Waals surface area contributed by atoms with Crippen LogP contribution in [0.3, 0.4) is 0 Å². The van der Waals surface area contributed by atoms with E-state index in [1.165, 1.54) is 4.90 Å². The lowest BCUT2D eigenvalue weighted by molar-refractivity contribution is -0.121. The number of nitrogen functional groups attached to an aromatic ring is 1. The van der Waals surface area contributed by atoms with E-state index in [1.807, 2.05) is 6.92 Å². The Kier molecular flexibility index (Phi) is 6.02. The number of anilines is 2. The molecule has 6 nitrogen and oxygen atoms in total. The zero-order valence-electron chi connectivity index (χ0n) is 13.1. The zero-order chi connectivity index (χ0) is 16.0. The predicted molar refractivity (Wildman–Crippen MR) is 85.3 cm³/mol. The molecule has 0 saturated carbocycles. The molecule has 1 aromatic carbocycles. The maximum absolute atomic E-state index is 12.1. The van der Waals surface area contributed by atoms with Crippen molar-refractivity contribution in [1.29, 1.82) is 0 Å². The molecule has 116 valence electrons. The fourth-order valence-corrected chi connectivity index (χ4v) is 1.81. The molecule has 0 aliphatic carbocycles. The molecule has 0 radical (unpaired) electrons. The summed E-state index contributed by atoms with van der Waals surface area (Å²) < 4.78 is 0. The van der Waals surface area contributed by atoms with Crippen LogP contribution >= 0.6 is 0 Å². The summed E-state index contributed by atoms with van der Waals surface area (Å²) in [5.41, 5.74) is 7.36. The summed E-state index contributed by atoms with van der Waals surface area (Å²) in [6, 6.07) is 4.55. The van der Waals surface area contributed by atoms with Gasteiger partial charge in [-0.2, -0.15) is 0 Å². The number of nitrogens with zero attached hydrogens (tertiary/aromatic N) is 1. The first-order valence-electron chi connectivity index (χ1n) is 7.02. The summed E-state index contributed by atoms with van der Waals surface area (Å²) in [6.07, 6.45) is 0.876. The van der Waals surface area contributed by atoms with Gasteiger partial charge in [-0.05, 0) is 31.5 Å². The quantitative estimate of drug-likeness (QED) is 0.690. The van der Waals surface area contributed by atoms with Crippen molar-refractivity contribution in [2.45, 2.75) is 26.3 Å². The first-order chi connectivity index (χ1) is 9.86. The van der Waals surface area contributed by atoms with E-state index in [0.717, 1.165) is 6.42 Å². The molecule has 0 fully saturated rings. The third-order valence-corrected chi connectivity index (χ3v) is 2.99. The number of rotatable bonds is 6. The average Bonchev–Trinajstić information content (AvgIpc) is 2.44. The number of carbonyl (C=O) groups is 2. The van der Waals surface area contributed by atoms with E-state index in [0.29, 0.717) is 23.5 Å². The average molecular weight is 292 g/mol. The molecule has 1 rings (SSSR count). The second kappa shape index (κ2) is 7.52. The second-order valence-corrected chi connectivity index (χ2v) is 5.16.